The molecule has 0 aromatic rings. The quantitative estimate of drug-likeness (QED) is 0.606. The van der Waals surface area contributed by atoms with Crippen LogP contribution in [-0.4, -0.2) is 50.1 Å². The molecule has 2 unspecified atom stereocenters. The Morgan fingerprint density at radius 1 is 1.18 bits per heavy atom. The summed E-state index contributed by atoms with van der Waals surface area (Å²) >= 11 is 0. The first-order chi connectivity index (χ1) is 10.7. The second-order valence-corrected chi connectivity index (χ2v) is 7.28. The molecular formula is C18H36N4. The largest absolute Gasteiger partial charge is 0.356 e. The van der Waals surface area contributed by atoms with Crippen molar-refractivity contribution in [2.75, 3.05) is 33.2 Å². The number of guanidine groups is 1. The Bertz CT molecular complexity index is 334. The van der Waals surface area contributed by atoms with Crippen molar-refractivity contribution in [1.29, 1.82) is 0 Å². The number of nitrogens with zero attached hydrogens (tertiary/aromatic N) is 2. The number of piperidine rings is 1. The Morgan fingerprint density at radius 2 is 1.95 bits per heavy atom. The normalized spacial score (nSPS) is 28.6. The molecule has 22 heavy (non-hydrogen) atoms. The Balaban J connectivity index is 1.62. The van der Waals surface area contributed by atoms with Gasteiger partial charge in [0.05, 0.1) is 0 Å². The predicted octanol–water partition coefficient (Wildman–Crippen LogP) is 2.85. The van der Waals surface area contributed by atoms with E-state index < -0.39 is 0 Å². The third kappa shape index (κ3) is 5.79. The van der Waals surface area contributed by atoms with Gasteiger partial charge in [-0.05, 0) is 63.6 Å². The lowest BCUT2D eigenvalue weighted by Gasteiger charge is -2.31. The van der Waals surface area contributed by atoms with Crippen LogP contribution in [0.4, 0.5) is 0 Å². The van der Waals surface area contributed by atoms with Crippen LogP contribution in [0.25, 0.3) is 0 Å². The fourth-order valence-corrected chi connectivity index (χ4v) is 3.94. The standard InChI is InChI=1S/C18H36N4/c1-4-22-12-9-16(10-13-22)8-11-20-18(19-3)21-17-7-5-6-15(2)14-17/h15-17H,4-14H2,1-3H3,(H2,19,20,21). The molecule has 1 saturated heterocycles. The minimum absolute atomic E-state index is 0.614. The summed E-state index contributed by atoms with van der Waals surface area (Å²) in [6, 6.07) is 0.614. The van der Waals surface area contributed by atoms with Gasteiger partial charge >= 0.3 is 0 Å². The van der Waals surface area contributed by atoms with Crippen LogP contribution >= 0.6 is 0 Å². The van der Waals surface area contributed by atoms with Crippen molar-refractivity contribution in [2.45, 2.75) is 64.8 Å². The Hall–Kier alpha value is -0.770. The summed E-state index contributed by atoms with van der Waals surface area (Å²) in [5.41, 5.74) is 0. The fourth-order valence-electron chi connectivity index (χ4n) is 3.94. The van der Waals surface area contributed by atoms with E-state index in [1.54, 1.807) is 0 Å². The molecule has 0 amide bonds. The molecule has 2 aliphatic rings. The second-order valence-electron chi connectivity index (χ2n) is 7.28. The molecule has 0 radical (unpaired) electrons. The molecule has 0 aromatic heterocycles. The zero-order valence-corrected chi connectivity index (χ0v) is 14.9. The van der Waals surface area contributed by atoms with Crippen molar-refractivity contribution in [3.8, 4) is 0 Å². The molecule has 1 heterocycles. The Morgan fingerprint density at radius 3 is 2.59 bits per heavy atom. The predicted molar refractivity (Wildman–Crippen MR) is 95.4 cm³/mol. The number of nitrogens with one attached hydrogen (secondary N) is 2. The van der Waals surface area contributed by atoms with E-state index in [0.29, 0.717) is 6.04 Å². The van der Waals surface area contributed by atoms with Crippen LogP contribution in [-0.2, 0) is 0 Å². The van der Waals surface area contributed by atoms with Gasteiger partial charge in [0.2, 0.25) is 0 Å². The third-order valence-corrected chi connectivity index (χ3v) is 5.50. The Labute approximate surface area is 137 Å². The highest BCUT2D eigenvalue weighted by Gasteiger charge is 2.20. The van der Waals surface area contributed by atoms with Gasteiger partial charge in [0, 0.05) is 19.6 Å². The average molecular weight is 309 g/mol. The van der Waals surface area contributed by atoms with Crippen LogP contribution in [0.1, 0.15) is 58.8 Å². The van der Waals surface area contributed by atoms with Gasteiger partial charge in [0.1, 0.15) is 0 Å². The molecule has 1 saturated carbocycles. The molecule has 4 nitrogen and oxygen atoms in total. The van der Waals surface area contributed by atoms with Gasteiger partial charge in [-0.15, -0.1) is 0 Å². The van der Waals surface area contributed by atoms with Crippen molar-refractivity contribution >= 4 is 5.96 Å². The first-order valence-electron chi connectivity index (χ1n) is 9.40. The van der Waals surface area contributed by atoms with Crippen molar-refractivity contribution in [3.05, 3.63) is 0 Å². The van der Waals surface area contributed by atoms with Gasteiger partial charge in [-0.3, -0.25) is 4.99 Å². The summed E-state index contributed by atoms with van der Waals surface area (Å²) in [5.74, 6) is 2.75. The highest BCUT2D eigenvalue weighted by molar-refractivity contribution is 5.79. The number of hydrogen-bond donors (Lipinski definition) is 2. The highest BCUT2D eigenvalue weighted by Crippen LogP contribution is 2.23. The maximum atomic E-state index is 4.40. The molecule has 2 N–H and O–H groups in total. The zero-order valence-electron chi connectivity index (χ0n) is 14.9. The van der Waals surface area contributed by atoms with E-state index >= 15 is 0 Å². The summed E-state index contributed by atoms with van der Waals surface area (Å²) in [6.07, 6.45) is 9.33. The summed E-state index contributed by atoms with van der Waals surface area (Å²) in [4.78, 5) is 6.97. The summed E-state index contributed by atoms with van der Waals surface area (Å²) in [5, 5.41) is 7.15. The lowest BCUT2D eigenvalue weighted by molar-refractivity contribution is 0.187. The average Bonchev–Trinajstić information content (AvgIpc) is 2.54. The summed E-state index contributed by atoms with van der Waals surface area (Å²) in [6.45, 7) is 9.47. The van der Waals surface area contributed by atoms with Gasteiger partial charge < -0.3 is 15.5 Å². The lowest BCUT2D eigenvalue weighted by atomic mass is 9.87. The molecule has 1 aliphatic carbocycles. The van der Waals surface area contributed by atoms with Crippen molar-refractivity contribution < 1.29 is 0 Å². The molecule has 4 heteroatoms. The van der Waals surface area contributed by atoms with Gasteiger partial charge in [0.15, 0.2) is 5.96 Å². The van der Waals surface area contributed by atoms with E-state index in [9.17, 15) is 0 Å². The van der Waals surface area contributed by atoms with E-state index in [4.69, 9.17) is 0 Å². The van der Waals surface area contributed by atoms with Crippen LogP contribution in [0.5, 0.6) is 0 Å². The van der Waals surface area contributed by atoms with Crippen LogP contribution in [0, 0.1) is 11.8 Å². The third-order valence-electron chi connectivity index (χ3n) is 5.50. The highest BCUT2D eigenvalue weighted by atomic mass is 15.2. The van der Waals surface area contributed by atoms with Crippen LogP contribution in [0.2, 0.25) is 0 Å². The molecule has 128 valence electrons. The van der Waals surface area contributed by atoms with Crippen molar-refractivity contribution in [3.63, 3.8) is 0 Å². The van der Waals surface area contributed by atoms with Crippen LogP contribution < -0.4 is 10.6 Å². The molecular weight excluding hydrogens is 272 g/mol. The Kier molecular flexibility index (Phi) is 7.50. The molecule has 2 rings (SSSR count). The number of likely N-dealkylation sites (tertiary alicyclic amines) is 1. The number of aliphatic imine (C=N–C) groups is 1. The maximum absolute atomic E-state index is 4.40. The van der Waals surface area contributed by atoms with Gasteiger partial charge in [-0.25, -0.2) is 0 Å². The molecule has 2 atom stereocenters. The number of hydrogen-bond acceptors (Lipinski definition) is 2. The minimum Gasteiger partial charge on any atom is -0.356 e. The van der Waals surface area contributed by atoms with E-state index in [1.807, 2.05) is 7.05 Å². The first kappa shape index (κ1) is 17.6. The molecule has 2 fully saturated rings. The van der Waals surface area contributed by atoms with Gasteiger partial charge in [0.25, 0.3) is 0 Å². The fraction of sp³-hybridized carbons (Fsp3) is 0.944. The minimum atomic E-state index is 0.614. The molecule has 0 spiro atoms. The molecule has 0 bridgehead atoms. The van der Waals surface area contributed by atoms with E-state index in [0.717, 1.165) is 24.3 Å². The van der Waals surface area contributed by atoms with Gasteiger partial charge in [-0.2, -0.15) is 0 Å². The summed E-state index contributed by atoms with van der Waals surface area (Å²) < 4.78 is 0. The number of rotatable bonds is 5. The van der Waals surface area contributed by atoms with E-state index in [1.165, 1.54) is 64.6 Å². The monoisotopic (exact) mass is 308 g/mol. The van der Waals surface area contributed by atoms with Crippen molar-refractivity contribution in [2.24, 2.45) is 16.8 Å². The zero-order chi connectivity index (χ0) is 15.8. The van der Waals surface area contributed by atoms with E-state index in [2.05, 4.69) is 34.4 Å². The smallest absolute Gasteiger partial charge is 0.191 e. The molecule has 0 aromatic carbocycles. The van der Waals surface area contributed by atoms with E-state index in [-0.39, 0.29) is 0 Å². The second kappa shape index (κ2) is 9.39. The van der Waals surface area contributed by atoms with Crippen LogP contribution in [0.3, 0.4) is 0 Å². The SMILES string of the molecule is CCN1CCC(CCNC(=NC)NC2CCCC(C)C2)CC1. The topological polar surface area (TPSA) is 39.7 Å². The lowest BCUT2D eigenvalue weighted by Crippen LogP contribution is -2.45. The van der Waals surface area contributed by atoms with Crippen molar-refractivity contribution in [1.82, 2.24) is 15.5 Å². The first-order valence-corrected chi connectivity index (χ1v) is 9.40. The van der Waals surface area contributed by atoms with Crippen LogP contribution in [0.15, 0.2) is 4.99 Å². The molecule has 1 aliphatic heterocycles. The maximum Gasteiger partial charge on any atom is 0.191 e. The summed E-state index contributed by atoms with van der Waals surface area (Å²) in [7, 11) is 1.89. The van der Waals surface area contributed by atoms with Gasteiger partial charge in [-0.1, -0.05) is 26.7 Å².